The average molecular weight is 287 g/mol. The Morgan fingerprint density at radius 1 is 1.50 bits per heavy atom. The van der Waals surface area contributed by atoms with Crippen LogP contribution in [0.1, 0.15) is 10.6 Å². The number of nitrogens with zero attached hydrogens (tertiary/aromatic N) is 2. The van der Waals surface area contributed by atoms with Gasteiger partial charge < -0.3 is 9.32 Å². The molecule has 1 aliphatic rings. The Kier molecular flexibility index (Phi) is 3.47. The molecule has 0 spiro atoms. The zero-order chi connectivity index (χ0) is 11.7. The molecule has 88 valence electrons. The maximum absolute atomic E-state index is 12.2. The van der Waals surface area contributed by atoms with Crippen molar-refractivity contribution in [2.75, 3.05) is 33.7 Å². The van der Waals surface area contributed by atoms with E-state index in [1.54, 1.807) is 6.07 Å². The van der Waals surface area contributed by atoms with Crippen LogP contribution < -0.4 is 0 Å². The second kappa shape index (κ2) is 4.69. The molecule has 0 amide bonds. The second-order valence-electron chi connectivity index (χ2n) is 4.22. The van der Waals surface area contributed by atoms with Gasteiger partial charge in [-0.1, -0.05) is 0 Å². The number of halogens is 1. The van der Waals surface area contributed by atoms with Crippen LogP contribution in [-0.4, -0.2) is 55.4 Å². The van der Waals surface area contributed by atoms with Crippen molar-refractivity contribution in [1.29, 1.82) is 0 Å². The predicted octanol–water partition coefficient (Wildman–Crippen LogP) is 1.47. The highest BCUT2D eigenvalue weighted by Gasteiger charge is 2.31. The summed E-state index contributed by atoms with van der Waals surface area (Å²) in [7, 11) is 4.01. The third kappa shape index (κ3) is 2.21. The van der Waals surface area contributed by atoms with Crippen molar-refractivity contribution < 1.29 is 9.21 Å². The van der Waals surface area contributed by atoms with Gasteiger partial charge in [0.2, 0.25) is 5.78 Å². The summed E-state index contributed by atoms with van der Waals surface area (Å²) in [5.41, 5.74) is 0. The maximum Gasteiger partial charge on any atom is 0.217 e. The van der Waals surface area contributed by atoms with Gasteiger partial charge in [-0.3, -0.25) is 9.69 Å². The first-order valence-corrected chi connectivity index (χ1v) is 6.05. The van der Waals surface area contributed by atoms with E-state index < -0.39 is 0 Å². The number of carbonyl (C=O) groups excluding carboxylic acids is 1. The van der Waals surface area contributed by atoms with E-state index in [0.29, 0.717) is 5.76 Å². The molecule has 5 heteroatoms. The number of rotatable bonds is 2. The van der Waals surface area contributed by atoms with Gasteiger partial charge in [0.05, 0.1) is 16.8 Å². The van der Waals surface area contributed by atoms with Crippen LogP contribution in [0.2, 0.25) is 0 Å². The van der Waals surface area contributed by atoms with Crippen LogP contribution in [0.15, 0.2) is 21.2 Å². The van der Waals surface area contributed by atoms with E-state index >= 15 is 0 Å². The normalized spacial score (nSPS) is 23.6. The van der Waals surface area contributed by atoms with Crippen molar-refractivity contribution in [3.63, 3.8) is 0 Å². The van der Waals surface area contributed by atoms with Gasteiger partial charge in [-0.05, 0) is 36.1 Å². The van der Waals surface area contributed by atoms with Gasteiger partial charge in [0, 0.05) is 19.6 Å². The zero-order valence-corrected chi connectivity index (χ0v) is 11.0. The number of ketones is 1. The van der Waals surface area contributed by atoms with Gasteiger partial charge in [0.1, 0.15) is 0 Å². The summed E-state index contributed by atoms with van der Waals surface area (Å²) in [6.07, 6.45) is 1.53. The zero-order valence-electron chi connectivity index (χ0n) is 9.44. The van der Waals surface area contributed by atoms with E-state index in [-0.39, 0.29) is 11.8 Å². The Labute approximate surface area is 103 Å². The lowest BCUT2D eigenvalue weighted by molar-refractivity contribution is 0.0658. The highest BCUT2D eigenvalue weighted by molar-refractivity contribution is 9.10. The van der Waals surface area contributed by atoms with Crippen LogP contribution >= 0.6 is 15.9 Å². The molecule has 0 N–H and O–H groups in total. The van der Waals surface area contributed by atoms with Crippen molar-refractivity contribution >= 4 is 21.7 Å². The summed E-state index contributed by atoms with van der Waals surface area (Å²) in [4.78, 5) is 16.5. The SMILES string of the molecule is CN1CCN(C)C(C(=O)c2occc2Br)C1. The Hall–Kier alpha value is -0.650. The molecule has 1 fully saturated rings. The van der Waals surface area contributed by atoms with Gasteiger partial charge >= 0.3 is 0 Å². The molecule has 1 unspecified atom stereocenters. The summed E-state index contributed by atoms with van der Waals surface area (Å²) in [5.74, 6) is 0.470. The quantitative estimate of drug-likeness (QED) is 0.772. The van der Waals surface area contributed by atoms with Gasteiger partial charge in [-0.2, -0.15) is 0 Å². The monoisotopic (exact) mass is 286 g/mol. The van der Waals surface area contributed by atoms with E-state index in [9.17, 15) is 4.79 Å². The molecule has 1 atom stereocenters. The van der Waals surface area contributed by atoms with E-state index in [1.807, 2.05) is 14.1 Å². The molecule has 0 bridgehead atoms. The summed E-state index contributed by atoms with van der Waals surface area (Å²) in [6, 6.07) is 1.64. The van der Waals surface area contributed by atoms with Crippen molar-refractivity contribution in [2.45, 2.75) is 6.04 Å². The molecule has 0 aromatic carbocycles. The highest BCUT2D eigenvalue weighted by Crippen LogP contribution is 2.21. The molecule has 1 aliphatic heterocycles. The minimum absolute atomic E-state index is 0.0472. The van der Waals surface area contributed by atoms with Crippen LogP contribution in [0.5, 0.6) is 0 Å². The summed E-state index contributed by atoms with van der Waals surface area (Å²) < 4.78 is 5.96. The van der Waals surface area contributed by atoms with Crippen LogP contribution in [-0.2, 0) is 0 Å². The maximum atomic E-state index is 12.2. The molecular weight excluding hydrogens is 272 g/mol. The van der Waals surface area contributed by atoms with Crippen molar-refractivity contribution in [3.8, 4) is 0 Å². The van der Waals surface area contributed by atoms with Crippen LogP contribution in [0, 0.1) is 0 Å². The third-order valence-electron chi connectivity index (χ3n) is 2.99. The lowest BCUT2D eigenvalue weighted by Crippen LogP contribution is -2.53. The molecule has 0 saturated carbocycles. The number of hydrogen-bond acceptors (Lipinski definition) is 4. The van der Waals surface area contributed by atoms with Crippen molar-refractivity contribution in [2.24, 2.45) is 0 Å². The Morgan fingerprint density at radius 3 is 2.88 bits per heavy atom. The van der Waals surface area contributed by atoms with Crippen LogP contribution in [0.25, 0.3) is 0 Å². The summed E-state index contributed by atoms with van der Waals surface area (Å²) in [5, 5.41) is 0. The van der Waals surface area contributed by atoms with Crippen LogP contribution in [0.3, 0.4) is 0 Å². The largest absolute Gasteiger partial charge is 0.460 e. The number of carbonyl (C=O) groups is 1. The minimum Gasteiger partial charge on any atom is -0.460 e. The number of piperazine rings is 1. The molecule has 2 rings (SSSR count). The molecule has 1 aromatic rings. The van der Waals surface area contributed by atoms with E-state index in [1.165, 1.54) is 6.26 Å². The predicted molar refractivity (Wildman–Crippen MR) is 64.7 cm³/mol. The molecule has 16 heavy (non-hydrogen) atoms. The molecule has 0 aliphatic carbocycles. The van der Waals surface area contributed by atoms with E-state index in [2.05, 4.69) is 25.7 Å². The third-order valence-corrected chi connectivity index (χ3v) is 3.62. The number of likely N-dealkylation sites (N-methyl/N-ethyl adjacent to an activating group) is 2. The van der Waals surface area contributed by atoms with Gasteiger partial charge in [0.25, 0.3) is 0 Å². The molecule has 1 aromatic heterocycles. The van der Waals surface area contributed by atoms with Gasteiger partial charge in [-0.15, -0.1) is 0 Å². The fourth-order valence-electron chi connectivity index (χ4n) is 1.91. The van der Waals surface area contributed by atoms with Crippen molar-refractivity contribution in [1.82, 2.24) is 9.80 Å². The number of hydrogen-bond donors (Lipinski definition) is 0. The molecule has 1 saturated heterocycles. The molecule has 4 nitrogen and oxygen atoms in total. The van der Waals surface area contributed by atoms with Crippen LogP contribution in [0.4, 0.5) is 0 Å². The van der Waals surface area contributed by atoms with Gasteiger partial charge in [0.15, 0.2) is 5.76 Å². The Balaban J connectivity index is 2.18. The fraction of sp³-hybridized carbons (Fsp3) is 0.545. The minimum atomic E-state index is -0.110. The lowest BCUT2D eigenvalue weighted by atomic mass is 10.1. The topological polar surface area (TPSA) is 36.7 Å². The first-order chi connectivity index (χ1) is 7.59. The summed E-state index contributed by atoms with van der Waals surface area (Å²) in [6.45, 7) is 2.66. The summed E-state index contributed by atoms with van der Waals surface area (Å²) >= 11 is 3.32. The standard InChI is InChI=1S/C11H15BrN2O2/c1-13-4-5-14(2)9(7-13)10(15)11-8(12)3-6-16-11/h3,6,9H,4-5,7H2,1-2H3. The fourth-order valence-corrected chi connectivity index (χ4v) is 2.31. The Morgan fingerprint density at radius 2 is 2.25 bits per heavy atom. The van der Waals surface area contributed by atoms with E-state index in [0.717, 1.165) is 24.1 Å². The molecule has 2 heterocycles. The first-order valence-electron chi connectivity index (χ1n) is 5.25. The number of Topliss-reactive ketones (excluding diaryl/α,β-unsaturated/α-hetero) is 1. The molecule has 0 radical (unpaired) electrons. The lowest BCUT2D eigenvalue weighted by Gasteiger charge is -2.36. The van der Waals surface area contributed by atoms with Crippen molar-refractivity contribution in [3.05, 3.63) is 22.6 Å². The smallest absolute Gasteiger partial charge is 0.217 e. The second-order valence-corrected chi connectivity index (χ2v) is 5.07. The molecular formula is C11H15BrN2O2. The first kappa shape index (κ1) is 11.8. The van der Waals surface area contributed by atoms with Gasteiger partial charge in [-0.25, -0.2) is 0 Å². The highest BCUT2D eigenvalue weighted by atomic mass is 79.9. The average Bonchev–Trinajstić information content (AvgIpc) is 2.67. The number of furan rings is 1. The Bertz CT molecular complexity index is 391. The van der Waals surface area contributed by atoms with E-state index in [4.69, 9.17) is 4.42 Å².